The number of imide groups is 1. The Bertz CT molecular complexity index is 1100. The second kappa shape index (κ2) is 11.1. The van der Waals surface area contributed by atoms with Crippen molar-refractivity contribution in [3.8, 4) is 5.75 Å². The van der Waals surface area contributed by atoms with Gasteiger partial charge in [-0.05, 0) is 48.2 Å². The fraction of sp³-hybridized carbons (Fsp3) is 0.444. The lowest BCUT2D eigenvalue weighted by Gasteiger charge is -2.42. The van der Waals surface area contributed by atoms with E-state index in [0.717, 1.165) is 23.4 Å². The number of rotatable bonds is 9. The van der Waals surface area contributed by atoms with Crippen LogP contribution < -0.4 is 10.1 Å². The lowest BCUT2D eigenvalue weighted by atomic mass is 9.85. The van der Waals surface area contributed by atoms with Crippen molar-refractivity contribution < 1.29 is 23.9 Å². The number of anilines is 1. The number of methoxy groups -OCH3 is 2. The average molecular weight is 495 g/mol. The van der Waals surface area contributed by atoms with Crippen molar-refractivity contribution in [2.24, 2.45) is 0 Å². The molecule has 0 radical (unpaired) electrons. The second-order valence-electron chi connectivity index (χ2n) is 9.36. The molecule has 4 rings (SSSR count). The minimum absolute atomic E-state index is 0.0988. The number of carbonyl (C=O) groups excluding carboxylic acids is 3. The van der Waals surface area contributed by atoms with Crippen LogP contribution in [0.1, 0.15) is 30.9 Å². The average Bonchev–Trinajstić information content (AvgIpc) is 3.06. The highest BCUT2D eigenvalue weighted by Crippen LogP contribution is 2.38. The predicted molar refractivity (Wildman–Crippen MR) is 136 cm³/mol. The Morgan fingerprint density at radius 1 is 1.00 bits per heavy atom. The fourth-order valence-electron chi connectivity index (χ4n) is 5.09. The van der Waals surface area contributed by atoms with Crippen LogP contribution in [0.25, 0.3) is 0 Å². The zero-order chi connectivity index (χ0) is 25.7. The molecular weight excluding hydrogens is 460 g/mol. The Labute approximate surface area is 211 Å². The highest BCUT2D eigenvalue weighted by atomic mass is 16.5. The molecular formula is C27H34N4O5. The van der Waals surface area contributed by atoms with Gasteiger partial charge in [-0.2, -0.15) is 0 Å². The molecule has 0 unspecified atom stereocenters. The van der Waals surface area contributed by atoms with Crippen LogP contribution in [0.15, 0.2) is 48.5 Å². The van der Waals surface area contributed by atoms with Crippen LogP contribution in [0.4, 0.5) is 10.5 Å². The number of amides is 4. The van der Waals surface area contributed by atoms with Crippen LogP contribution in [-0.2, 0) is 27.4 Å². The molecule has 1 spiro atoms. The number of piperidine rings is 1. The first kappa shape index (κ1) is 25.7. The molecule has 1 N–H and O–H groups in total. The Morgan fingerprint density at radius 3 is 2.36 bits per heavy atom. The van der Waals surface area contributed by atoms with Gasteiger partial charge in [0.25, 0.3) is 5.91 Å². The molecule has 2 saturated heterocycles. The molecule has 2 heterocycles. The van der Waals surface area contributed by atoms with E-state index in [1.54, 1.807) is 19.1 Å². The summed E-state index contributed by atoms with van der Waals surface area (Å²) in [5.41, 5.74) is 1.90. The Balaban J connectivity index is 1.46. The maximum Gasteiger partial charge on any atom is 0.328 e. The number of hydrogen-bond donors (Lipinski definition) is 1. The van der Waals surface area contributed by atoms with Gasteiger partial charge in [-0.3, -0.25) is 19.4 Å². The lowest BCUT2D eigenvalue weighted by molar-refractivity contribution is -0.136. The molecule has 0 aliphatic carbocycles. The Kier molecular flexibility index (Phi) is 7.91. The van der Waals surface area contributed by atoms with Crippen molar-refractivity contribution in [1.29, 1.82) is 0 Å². The summed E-state index contributed by atoms with van der Waals surface area (Å²) in [6, 6.07) is 15.0. The van der Waals surface area contributed by atoms with Crippen molar-refractivity contribution in [2.75, 3.05) is 45.8 Å². The minimum atomic E-state index is -0.847. The molecule has 4 amide bonds. The monoisotopic (exact) mass is 494 g/mol. The van der Waals surface area contributed by atoms with Crippen LogP contribution in [0, 0.1) is 0 Å². The normalized spacial score (nSPS) is 17.6. The zero-order valence-corrected chi connectivity index (χ0v) is 21.2. The molecule has 192 valence electrons. The van der Waals surface area contributed by atoms with Gasteiger partial charge in [0.15, 0.2) is 0 Å². The number of urea groups is 1. The molecule has 0 bridgehead atoms. The van der Waals surface area contributed by atoms with Crippen molar-refractivity contribution in [1.82, 2.24) is 14.7 Å². The summed E-state index contributed by atoms with van der Waals surface area (Å²) in [6.45, 7) is 4.58. The fourth-order valence-corrected chi connectivity index (χ4v) is 5.09. The van der Waals surface area contributed by atoms with E-state index >= 15 is 0 Å². The number of likely N-dealkylation sites (tertiary alicyclic amines) is 1. The lowest BCUT2D eigenvalue weighted by Crippen LogP contribution is -2.57. The molecule has 2 aromatic carbocycles. The predicted octanol–water partition coefficient (Wildman–Crippen LogP) is 3.10. The molecule has 0 saturated carbocycles. The number of nitrogens with one attached hydrogen (secondary N) is 1. The maximum atomic E-state index is 13.8. The summed E-state index contributed by atoms with van der Waals surface area (Å²) < 4.78 is 10.6. The van der Waals surface area contributed by atoms with Gasteiger partial charge in [-0.15, -0.1) is 0 Å². The van der Waals surface area contributed by atoms with Gasteiger partial charge in [0.05, 0.1) is 20.3 Å². The highest BCUT2D eigenvalue weighted by molar-refractivity contribution is 6.07. The van der Waals surface area contributed by atoms with Gasteiger partial charge in [-0.25, -0.2) is 4.79 Å². The minimum Gasteiger partial charge on any atom is -0.497 e. The summed E-state index contributed by atoms with van der Waals surface area (Å²) in [5.74, 6) is 0.458. The molecule has 9 nitrogen and oxygen atoms in total. The van der Waals surface area contributed by atoms with Crippen LogP contribution in [0.5, 0.6) is 5.75 Å². The third-order valence-electron chi connectivity index (χ3n) is 6.98. The number of benzene rings is 2. The van der Waals surface area contributed by atoms with Crippen molar-refractivity contribution >= 4 is 23.5 Å². The Hall–Kier alpha value is -3.43. The molecule has 0 atom stereocenters. The van der Waals surface area contributed by atoms with E-state index in [-0.39, 0.29) is 24.4 Å². The number of nitrogens with zero attached hydrogens (tertiary/aromatic N) is 3. The van der Waals surface area contributed by atoms with Crippen LogP contribution in [0.3, 0.4) is 0 Å². The highest BCUT2D eigenvalue weighted by Gasteiger charge is 2.57. The largest absolute Gasteiger partial charge is 0.497 e. The number of carbonyl (C=O) groups is 3. The summed E-state index contributed by atoms with van der Waals surface area (Å²) in [6.07, 6.45) is 1.14. The third kappa shape index (κ3) is 5.37. The standard InChI is InChI=1S/C27H34N4O5/c1-20(32)28-23-9-7-21(8-10-23)18-29-13-11-27(12-14-29)25(33)30(26(34)31(27)15-16-35-2)19-22-5-4-6-24(17-22)36-3/h4-10,17H,11-16,18-19H2,1-3H3,(H,28,32). The third-order valence-corrected chi connectivity index (χ3v) is 6.98. The molecule has 9 heteroatoms. The Morgan fingerprint density at radius 2 is 1.72 bits per heavy atom. The van der Waals surface area contributed by atoms with Gasteiger partial charge in [0.2, 0.25) is 5.91 Å². The zero-order valence-electron chi connectivity index (χ0n) is 21.2. The van der Waals surface area contributed by atoms with Crippen molar-refractivity contribution in [3.05, 3.63) is 59.7 Å². The first-order chi connectivity index (χ1) is 17.4. The molecule has 36 heavy (non-hydrogen) atoms. The van der Waals surface area contributed by atoms with E-state index in [1.807, 2.05) is 48.5 Å². The summed E-state index contributed by atoms with van der Waals surface area (Å²) in [4.78, 5) is 43.8. The van der Waals surface area contributed by atoms with Gasteiger partial charge < -0.3 is 19.7 Å². The summed E-state index contributed by atoms with van der Waals surface area (Å²) in [5, 5.41) is 2.78. The summed E-state index contributed by atoms with van der Waals surface area (Å²) in [7, 11) is 3.20. The van der Waals surface area contributed by atoms with Crippen molar-refractivity contribution in [2.45, 2.75) is 38.4 Å². The van der Waals surface area contributed by atoms with Crippen LogP contribution in [-0.4, -0.2) is 78.5 Å². The second-order valence-corrected chi connectivity index (χ2v) is 9.36. The van der Waals surface area contributed by atoms with Crippen LogP contribution in [0.2, 0.25) is 0 Å². The maximum absolute atomic E-state index is 13.8. The van der Waals surface area contributed by atoms with E-state index in [4.69, 9.17) is 9.47 Å². The first-order valence-corrected chi connectivity index (χ1v) is 12.2. The van der Waals surface area contributed by atoms with E-state index in [2.05, 4.69) is 10.2 Å². The smallest absolute Gasteiger partial charge is 0.328 e. The topological polar surface area (TPSA) is 91.4 Å². The van der Waals surface area contributed by atoms with Gasteiger partial charge in [-0.1, -0.05) is 24.3 Å². The number of hydrogen-bond acceptors (Lipinski definition) is 6. The SMILES string of the molecule is COCCN1C(=O)N(Cc2cccc(OC)c2)C(=O)C12CCN(Cc1ccc(NC(C)=O)cc1)CC2. The van der Waals surface area contributed by atoms with E-state index in [1.165, 1.54) is 11.8 Å². The molecule has 0 aromatic heterocycles. The van der Waals surface area contributed by atoms with Gasteiger partial charge in [0.1, 0.15) is 11.3 Å². The van der Waals surface area contributed by atoms with Gasteiger partial charge in [0, 0.05) is 45.9 Å². The molecule has 2 aromatic rings. The summed E-state index contributed by atoms with van der Waals surface area (Å²) >= 11 is 0. The molecule has 2 aliphatic rings. The van der Waals surface area contributed by atoms with Crippen LogP contribution >= 0.6 is 0 Å². The van der Waals surface area contributed by atoms with E-state index in [9.17, 15) is 14.4 Å². The first-order valence-electron chi connectivity index (χ1n) is 12.2. The van der Waals surface area contributed by atoms with E-state index in [0.29, 0.717) is 44.8 Å². The number of ether oxygens (including phenoxy) is 2. The molecule has 2 fully saturated rings. The van der Waals surface area contributed by atoms with Crippen molar-refractivity contribution in [3.63, 3.8) is 0 Å². The molecule has 2 aliphatic heterocycles. The quantitative estimate of drug-likeness (QED) is 0.539. The van der Waals surface area contributed by atoms with Gasteiger partial charge >= 0.3 is 6.03 Å². The van der Waals surface area contributed by atoms with E-state index < -0.39 is 5.54 Å².